The average Bonchev–Trinajstić information content (AvgIpc) is 2.47. The minimum absolute atomic E-state index is 0.329. The summed E-state index contributed by atoms with van der Waals surface area (Å²) in [7, 11) is 0. The molecule has 0 bridgehead atoms. The maximum atomic E-state index is 11.0. The number of aliphatic hydroxyl groups is 1. The number of thiophene rings is 1. The fourth-order valence-electron chi connectivity index (χ4n) is 1.95. The van der Waals surface area contributed by atoms with Crippen molar-refractivity contribution in [1.29, 1.82) is 0 Å². The van der Waals surface area contributed by atoms with Gasteiger partial charge in [-0.25, -0.2) is 4.79 Å². The highest BCUT2D eigenvalue weighted by Gasteiger charge is 2.43. The van der Waals surface area contributed by atoms with Gasteiger partial charge >= 0.3 is 5.97 Å². The first-order valence-electron chi connectivity index (χ1n) is 4.59. The van der Waals surface area contributed by atoms with Gasteiger partial charge in [0, 0.05) is 4.88 Å². The monoisotopic (exact) mass is 212 g/mol. The highest BCUT2D eigenvalue weighted by molar-refractivity contribution is 7.12. The maximum absolute atomic E-state index is 11.0. The Morgan fingerprint density at radius 3 is 3.00 bits per heavy atom. The van der Waals surface area contributed by atoms with E-state index in [0.717, 1.165) is 23.3 Å². The topological polar surface area (TPSA) is 57.5 Å². The molecule has 3 nitrogen and oxygen atoms in total. The van der Waals surface area contributed by atoms with E-state index in [0.29, 0.717) is 11.3 Å². The van der Waals surface area contributed by atoms with Crippen LogP contribution < -0.4 is 0 Å². The Kier molecular flexibility index (Phi) is 2.12. The molecule has 0 amide bonds. The van der Waals surface area contributed by atoms with Gasteiger partial charge in [-0.05, 0) is 37.8 Å². The smallest absolute Gasteiger partial charge is 0.341 e. The molecule has 76 valence electrons. The Morgan fingerprint density at radius 1 is 1.64 bits per heavy atom. The van der Waals surface area contributed by atoms with Gasteiger partial charge in [0.15, 0.2) is 5.60 Å². The van der Waals surface area contributed by atoms with Crippen LogP contribution in [0.15, 0.2) is 6.07 Å². The van der Waals surface area contributed by atoms with Crippen LogP contribution in [0.4, 0.5) is 0 Å². The molecule has 1 atom stereocenters. The maximum Gasteiger partial charge on any atom is 0.341 e. The van der Waals surface area contributed by atoms with Crippen LogP contribution in [0.25, 0.3) is 0 Å². The Bertz CT molecular complexity index is 383. The largest absolute Gasteiger partial charge is 0.479 e. The zero-order valence-corrected chi connectivity index (χ0v) is 8.73. The van der Waals surface area contributed by atoms with Crippen molar-refractivity contribution in [2.45, 2.75) is 31.8 Å². The van der Waals surface area contributed by atoms with Gasteiger partial charge in [0.05, 0.1) is 4.88 Å². The van der Waals surface area contributed by atoms with E-state index in [9.17, 15) is 9.90 Å². The molecule has 2 N–H and O–H groups in total. The van der Waals surface area contributed by atoms with Gasteiger partial charge in [-0.2, -0.15) is 0 Å². The van der Waals surface area contributed by atoms with Crippen molar-refractivity contribution in [3.05, 3.63) is 21.4 Å². The van der Waals surface area contributed by atoms with E-state index in [1.165, 1.54) is 11.3 Å². The van der Waals surface area contributed by atoms with Crippen LogP contribution >= 0.6 is 11.3 Å². The number of carbonyl (C=O) groups is 1. The fraction of sp³-hybridized carbons (Fsp3) is 0.500. The van der Waals surface area contributed by atoms with Crippen LogP contribution in [0.5, 0.6) is 0 Å². The molecule has 1 aromatic heterocycles. The normalized spacial score (nSPS) is 25.9. The van der Waals surface area contributed by atoms with E-state index in [1.807, 2.05) is 13.0 Å². The molecule has 0 aromatic carbocycles. The number of hydrogen-bond acceptors (Lipinski definition) is 3. The van der Waals surface area contributed by atoms with Gasteiger partial charge in [0.25, 0.3) is 0 Å². The zero-order valence-electron chi connectivity index (χ0n) is 7.91. The summed E-state index contributed by atoms with van der Waals surface area (Å²) in [5.41, 5.74) is -0.629. The number of carboxylic acid groups (broad SMARTS) is 1. The predicted molar refractivity (Wildman–Crippen MR) is 53.5 cm³/mol. The highest BCUT2D eigenvalue weighted by Crippen LogP contribution is 2.40. The lowest BCUT2D eigenvalue weighted by Crippen LogP contribution is -2.37. The molecule has 0 saturated heterocycles. The number of aliphatic carboxylic acids is 1. The molecule has 1 unspecified atom stereocenters. The Morgan fingerprint density at radius 2 is 2.36 bits per heavy atom. The number of fused-ring (bicyclic) bond motifs is 1. The third kappa shape index (κ3) is 1.26. The average molecular weight is 212 g/mol. The van der Waals surface area contributed by atoms with Crippen LogP contribution in [-0.4, -0.2) is 16.2 Å². The van der Waals surface area contributed by atoms with E-state index in [2.05, 4.69) is 0 Å². The standard InChI is InChI=1S/C10H12O3S/c1-6-5-7-3-2-4-10(13,9(11)12)8(7)14-6/h5,13H,2-4H2,1H3,(H,11,12). The molecular weight excluding hydrogens is 200 g/mol. The summed E-state index contributed by atoms with van der Waals surface area (Å²) in [4.78, 5) is 12.7. The third-order valence-corrected chi connectivity index (χ3v) is 3.89. The molecule has 1 heterocycles. The lowest BCUT2D eigenvalue weighted by molar-refractivity contribution is -0.160. The first-order chi connectivity index (χ1) is 6.54. The minimum atomic E-state index is -1.63. The molecule has 0 spiro atoms. The van der Waals surface area contributed by atoms with Gasteiger partial charge in [-0.1, -0.05) is 0 Å². The highest BCUT2D eigenvalue weighted by atomic mass is 32.1. The molecule has 0 aliphatic heterocycles. The van der Waals surface area contributed by atoms with Crippen LogP contribution in [0.2, 0.25) is 0 Å². The van der Waals surface area contributed by atoms with Gasteiger partial charge in [0.1, 0.15) is 0 Å². The summed E-state index contributed by atoms with van der Waals surface area (Å²) >= 11 is 1.39. The molecule has 4 heteroatoms. The van der Waals surface area contributed by atoms with E-state index >= 15 is 0 Å². The number of hydrogen-bond donors (Lipinski definition) is 2. The molecule has 1 aliphatic carbocycles. The predicted octanol–water partition coefficient (Wildman–Crippen LogP) is 1.67. The molecule has 1 aliphatic rings. The molecule has 14 heavy (non-hydrogen) atoms. The van der Waals surface area contributed by atoms with Crippen molar-refractivity contribution in [2.75, 3.05) is 0 Å². The van der Waals surface area contributed by atoms with E-state index < -0.39 is 11.6 Å². The third-order valence-electron chi connectivity index (χ3n) is 2.65. The van der Waals surface area contributed by atoms with E-state index in [4.69, 9.17) is 5.11 Å². The van der Waals surface area contributed by atoms with Gasteiger partial charge in [0.2, 0.25) is 0 Å². The summed E-state index contributed by atoms with van der Waals surface area (Å²) in [5.74, 6) is -1.12. The van der Waals surface area contributed by atoms with Crippen molar-refractivity contribution in [1.82, 2.24) is 0 Å². The molecular formula is C10H12O3S. The molecule has 1 aromatic rings. The number of rotatable bonds is 1. The van der Waals surface area contributed by atoms with Gasteiger partial charge < -0.3 is 10.2 Å². The van der Waals surface area contributed by atoms with Gasteiger partial charge in [-0.3, -0.25) is 0 Å². The quantitative estimate of drug-likeness (QED) is 0.744. The Hall–Kier alpha value is -0.870. The zero-order chi connectivity index (χ0) is 10.3. The summed E-state index contributed by atoms with van der Waals surface area (Å²) in [6.45, 7) is 1.94. The molecule has 2 rings (SSSR count). The second-order valence-corrected chi connectivity index (χ2v) is 4.99. The number of aryl methyl sites for hydroxylation is 2. The van der Waals surface area contributed by atoms with Crippen LogP contribution in [0.1, 0.15) is 28.2 Å². The van der Waals surface area contributed by atoms with Crippen LogP contribution in [0, 0.1) is 6.92 Å². The first kappa shape index (κ1) is 9.68. The fourth-order valence-corrected chi connectivity index (χ4v) is 3.13. The van der Waals surface area contributed by atoms with Crippen molar-refractivity contribution in [2.24, 2.45) is 0 Å². The second kappa shape index (κ2) is 3.07. The molecule has 0 fully saturated rings. The molecule has 0 saturated carbocycles. The summed E-state index contributed by atoms with van der Waals surface area (Å²) < 4.78 is 0. The summed E-state index contributed by atoms with van der Waals surface area (Å²) in [6.07, 6.45) is 1.95. The SMILES string of the molecule is Cc1cc2c(s1)C(O)(C(=O)O)CCC2. The van der Waals surface area contributed by atoms with Crippen LogP contribution in [0.3, 0.4) is 0 Å². The minimum Gasteiger partial charge on any atom is -0.479 e. The van der Waals surface area contributed by atoms with E-state index in [1.54, 1.807) is 0 Å². The van der Waals surface area contributed by atoms with E-state index in [-0.39, 0.29) is 0 Å². The summed E-state index contributed by atoms with van der Waals surface area (Å²) in [5, 5.41) is 19.0. The Labute approximate surface area is 86.0 Å². The van der Waals surface area contributed by atoms with Crippen molar-refractivity contribution in [3.63, 3.8) is 0 Å². The second-order valence-electron chi connectivity index (χ2n) is 3.73. The number of carboxylic acids is 1. The lowest BCUT2D eigenvalue weighted by Gasteiger charge is -2.27. The van der Waals surface area contributed by atoms with Crippen LogP contribution in [-0.2, 0) is 16.8 Å². The van der Waals surface area contributed by atoms with Gasteiger partial charge in [-0.15, -0.1) is 11.3 Å². The Balaban J connectivity index is 2.54. The summed E-state index contributed by atoms with van der Waals surface area (Å²) in [6, 6.07) is 1.98. The lowest BCUT2D eigenvalue weighted by atomic mass is 9.85. The van der Waals surface area contributed by atoms with Crippen molar-refractivity contribution in [3.8, 4) is 0 Å². The molecule has 0 radical (unpaired) electrons. The van der Waals surface area contributed by atoms with Crippen molar-refractivity contribution < 1.29 is 15.0 Å². The first-order valence-corrected chi connectivity index (χ1v) is 5.41. The van der Waals surface area contributed by atoms with Crippen molar-refractivity contribution >= 4 is 17.3 Å².